The summed E-state index contributed by atoms with van der Waals surface area (Å²) in [6.45, 7) is 1.97. The van der Waals surface area contributed by atoms with E-state index in [9.17, 15) is 9.59 Å². The maximum absolute atomic E-state index is 13.7. The van der Waals surface area contributed by atoms with Crippen LogP contribution in [-0.2, 0) is 0 Å². The van der Waals surface area contributed by atoms with E-state index in [1.807, 2.05) is 67.6 Å². The van der Waals surface area contributed by atoms with Crippen molar-refractivity contribution in [3.05, 3.63) is 107 Å². The maximum Gasteiger partial charge on any atom is 0.256 e. The average molecular weight is 521 g/mol. The minimum absolute atomic E-state index is 0.233. The highest BCUT2D eigenvalue weighted by Gasteiger charge is 2.23. The number of hydrogen-bond donors (Lipinski definition) is 2. The lowest BCUT2D eigenvalue weighted by molar-refractivity contribution is 0.102. The van der Waals surface area contributed by atoms with Gasteiger partial charge in [0, 0.05) is 22.0 Å². The molecule has 7 heteroatoms. The van der Waals surface area contributed by atoms with Crippen molar-refractivity contribution in [1.29, 1.82) is 0 Å². The van der Waals surface area contributed by atoms with E-state index in [-0.39, 0.29) is 11.3 Å². The minimum Gasteiger partial charge on any atom is -0.493 e. The summed E-state index contributed by atoms with van der Waals surface area (Å²) in [5, 5.41) is 3.68. The minimum atomic E-state index is -0.427. The number of amides is 1. The van der Waals surface area contributed by atoms with Gasteiger partial charge in [-0.1, -0.05) is 66.7 Å². The molecule has 0 aliphatic heterocycles. The van der Waals surface area contributed by atoms with Crippen molar-refractivity contribution in [2.75, 3.05) is 26.6 Å². The Balaban J connectivity index is 1.53. The summed E-state index contributed by atoms with van der Waals surface area (Å²) in [6.07, 6.45) is 0. The summed E-state index contributed by atoms with van der Waals surface area (Å²) in [5.41, 5.74) is 5.34. The lowest BCUT2D eigenvalue weighted by atomic mass is 10.0. The summed E-state index contributed by atoms with van der Waals surface area (Å²) < 4.78 is 16.2. The molecule has 0 aliphatic rings. The fourth-order valence-corrected chi connectivity index (χ4v) is 4.60. The van der Waals surface area contributed by atoms with Gasteiger partial charge in [0.1, 0.15) is 5.69 Å². The molecular formula is C32H28N2O5. The molecule has 0 saturated carbocycles. The molecule has 0 aliphatic carbocycles. The second-order valence-electron chi connectivity index (χ2n) is 9.06. The summed E-state index contributed by atoms with van der Waals surface area (Å²) >= 11 is 0. The molecule has 1 heterocycles. The standard InChI is InChI=1S/C32H28N2O5/c1-19-10-15-24-25(16-19)33-29(30(35)22-13-11-21(12-14-22)20-8-6-5-7-9-20)28(24)34-32(36)23-17-26(37-2)31(39-4)27(18-23)38-3/h5-18,33H,1-4H3,(H,34,36). The van der Waals surface area contributed by atoms with E-state index in [1.54, 1.807) is 24.3 Å². The third-order valence-corrected chi connectivity index (χ3v) is 6.60. The number of aromatic amines is 1. The zero-order valence-corrected chi connectivity index (χ0v) is 22.1. The molecular weight excluding hydrogens is 492 g/mol. The van der Waals surface area contributed by atoms with Gasteiger partial charge >= 0.3 is 0 Å². The Bertz CT molecular complexity index is 1650. The van der Waals surface area contributed by atoms with Gasteiger partial charge in [0.2, 0.25) is 11.5 Å². The first-order valence-electron chi connectivity index (χ1n) is 12.4. The van der Waals surface area contributed by atoms with Crippen LogP contribution in [0.4, 0.5) is 5.69 Å². The third-order valence-electron chi connectivity index (χ3n) is 6.60. The number of anilines is 1. The number of fused-ring (bicyclic) bond motifs is 1. The second-order valence-corrected chi connectivity index (χ2v) is 9.06. The smallest absolute Gasteiger partial charge is 0.256 e. The quantitative estimate of drug-likeness (QED) is 0.224. The molecule has 0 radical (unpaired) electrons. The molecule has 4 aromatic carbocycles. The number of ether oxygens (including phenoxy) is 3. The van der Waals surface area contributed by atoms with Crippen LogP contribution in [0.15, 0.2) is 84.9 Å². The van der Waals surface area contributed by atoms with Crippen molar-refractivity contribution >= 4 is 28.3 Å². The van der Waals surface area contributed by atoms with Gasteiger partial charge in [0.15, 0.2) is 11.5 Å². The third kappa shape index (κ3) is 4.94. The molecule has 0 atom stereocenters. The highest BCUT2D eigenvalue weighted by molar-refractivity contribution is 6.20. The normalized spacial score (nSPS) is 10.8. The van der Waals surface area contributed by atoms with E-state index < -0.39 is 5.91 Å². The monoisotopic (exact) mass is 520 g/mol. The maximum atomic E-state index is 13.7. The second kappa shape index (κ2) is 10.8. The number of carbonyl (C=O) groups is 2. The van der Waals surface area contributed by atoms with Gasteiger partial charge in [-0.2, -0.15) is 0 Å². The number of ketones is 1. The van der Waals surface area contributed by atoms with Gasteiger partial charge in [-0.15, -0.1) is 0 Å². The van der Waals surface area contributed by atoms with Gasteiger partial charge in [-0.05, 0) is 41.8 Å². The van der Waals surface area contributed by atoms with Crippen LogP contribution in [0.5, 0.6) is 17.2 Å². The predicted molar refractivity (Wildman–Crippen MR) is 152 cm³/mol. The Morgan fingerprint density at radius 2 is 1.36 bits per heavy atom. The fraction of sp³-hybridized carbons (Fsp3) is 0.125. The van der Waals surface area contributed by atoms with E-state index in [2.05, 4.69) is 10.3 Å². The number of carbonyl (C=O) groups excluding carboxylic acids is 2. The van der Waals surface area contributed by atoms with Gasteiger partial charge in [-0.3, -0.25) is 9.59 Å². The first-order valence-corrected chi connectivity index (χ1v) is 12.4. The summed E-state index contributed by atoms with van der Waals surface area (Å²) in [6, 6.07) is 26.3. The van der Waals surface area contributed by atoms with E-state index in [0.29, 0.717) is 34.2 Å². The number of methoxy groups -OCH3 is 3. The number of H-pyrrole nitrogens is 1. The topological polar surface area (TPSA) is 89.7 Å². The van der Waals surface area contributed by atoms with Crippen LogP contribution >= 0.6 is 0 Å². The summed E-state index contributed by atoms with van der Waals surface area (Å²) in [4.78, 5) is 30.5. The van der Waals surface area contributed by atoms with Crippen molar-refractivity contribution in [2.45, 2.75) is 6.92 Å². The summed E-state index contributed by atoms with van der Waals surface area (Å²) in [7, 11) is 4.47. The predicted octanol–water partition coefficient (Wildman–Crippen LogP) is 6.65. The molecule has 0 spiro atoms. The number of nitrogens with one attached hydrogen (secondary N) is 2. The first-order chi connectivity index (χ1) is 18.9. The Kier molecular flexibility index (Phi) is 7.06. The number of rotatable bonds is 8. The van der Waals surface area contributed by atoms with Crippen LogP contribution in [0.3, 0.4) is 0 Å². The fourth-order valence-electron chi connectivity index (χ4n) is 4.60. The molecule has 5 aromatic rings. The van der Waals surface area contributed by atoms with Crippen molar-refractivity contribution in [3.8, 4) is 28.4 Å². The summed E-state index contributed by atoms with van der Waals surface area (Å²) in [5.74, 6) is 0.430. The largest absolute Gasteiger partial charge is 0.493 e. The number of hydrogen-bond acceptors (Lipinski definition) is 5. The zero-order chi connectivity index (χ0) is 27.5. The van der Waals surface area contributed by atoms with Crippen LogP contribution in [0.25, 0.3) is 22.0 Å². The van der Waals surface area contributed by atoms with E-state index in [0.717, 1.165) is 27.6 Å². The van der Waals surface area contributed by atoms with Crippen LogP contribution < -0.4 is 19.5 Å². The van der Waals surface area contributed by atoms with Crippen molar-refractivity contribution in [1.82, 2.24) is 4.98 Å². The van der Waals surface area contributed by atoms with Crippen LogP contribution in [0, 0.1) is 6.92 Å². The lowest BCUT2D eigenvalue weighted by Gasteiger charge is -2.14. The molecule has 1 aromatic heterocycles. The van der Waals surface area contributed by atoms with Crippen LogP contribution in [-0.4, -0.2) is 38.0 Å². The lowest BCUT2D eigenvalue weighted by Crippen LogP contribution is -2.15. The van der Waals surface area contributed by atoms with Crippen molar-refractivity contribution in [3.63, 3.8) is 0 Å². The molecule has 0 fully saturated rings. The average Bonchev–Trinajstić information content (AvgIpc) is 3.33. The van der Waals surface area contributed by atoms with Crippen molar-refractivity contribution < 1.29 is 23.8 Å². The van der Waals surface area contributed by atoms with Gasteiger partial charge < -0.3 is 24.5 Å². The van der Waals surface area contributed by atoms with Crippen LogP contribution in [0.1, 0.15) is 32.0 Å². The number of aryl methyl sites for hydroxylation is 1. The van der Waals surface area contributed by atoms with Crippen LogP contribution in [0.2, 0.25) is 0 Å². The van der Waals surface area contributed by atoms with Crippen molar-refractivity contribution in [2.24, 2.45) is 0 Å². The molecule has 0 saturated heterocycles. The van der Waals surface area contributed by atoms with E-state index >= 15 is 0 Å². The Hall–Kier alpha value is -5.04. The first kappa shape index (κ1) is 25.6. The number of aromatic nitrogens is 1. The zero-order valence-electron chi connectivity index (χ0n) is 22.1. The molecule has 0 bridgehead atoms. The molecule has 2 N–H and O–H groups in total. The van der Waals surface area contributed by atoms with E-state index in [1.165, 1.54) is 21.3 Å². The SMILES string of the molecule is COc1cc(C(=O)Nc2c(C(=O)c3ccc(-c4ccccc4)cc3)[nH]c3cc(C)ccc23)cc(OC)c1OC. The number of benzene rings is 4. The highest BCUT2D eigenvalue weighted by Crippen LogP contribution is 2.39. The molecule has 7 nitrogen and oxygen atoms in total. The Morgan fingerprint density at radius 3 is 1.97 bits per heavy atom. The Morgan fingerprint density at radius 1 is 0.718 bits per heavy atom. The molecule has 1 amide bonds. The molecule has 39 heavy (non-hydrogen) atoms. The Labute approximate surface area is 226 Å². The van der Waals surface area contributed by atoms with Gasteiger partial charge in [0.25, 0.3) is 5.91 Å². The highest BCUT2D eigenvalue weighted by atomic mass is 16.5. The van der Waals surface area contributed by atoms with Gasteiger partial charge in [0.05, 0.1) is 27.0 Å². The molecule has 196 valence electrons. The molecule has 0 unspecified atom stereocenters. The van der Waals surface area contributed by atoms with Gasteiger partial charge in [-0.25, -0.2) is 0 Å². The van der Waals surface area contributed by atoms with E-state index in [4.69, 9.17) is 14.2 Å². The molecule has 5 rings (SSSR count).